The van der Waals surface area contributed by atoms with E-state index in [1.54, 1.807) is 30.3 Å². The maximum Gasteiger partial charge on any atom is 0.350 e. The summed E-state index contributed by atoms with van der Waals surface area (Å²) < 4.78 is 9.50. The molecule has 0 heterocycles. The van der Waals surface area contributed by atoms with E-state index >= 15 is 0 Å². The number of rotatable bonds is 4. The van der Waals surface area contributed by atoms with Gasteiger partial charge in [-0.3, -0.25) is 0 Å². The van der Waals surface area contributed by atoms with Gasteiger partial charge in [-0.15, -0.1) is 0 Å². The zero-order valence-electron chi connectivity index (χ0n) is 11.0. The quantitative estimate of drug-likeness (QED) is 0.478. The molecule has 1 aromatic rings. The minimum Gasteiger partial charge on any atom is -0.497 e. The van der Waals surface area contributed by atoms with E-state index in [0.717, 1.165) is 7.11 Å². The van der Waals surface area contributed by atoms with Gasteiger partial charge in [0.2, 0.25) is 0 Å². The fraction of sp³-hybridized carbons (Fsp3) is 0.154. The molecule has 0 aliphatic heterocycles. The van der Waals surface area contributed by atoms with Crippen molar-refractivity contribution in [3.8, 4) is 11.8 Å². The Morgan fingerprint density at radius 3 is 2.25 bits per heavy atom. The number of nitriles is 1. The summed E-state index contributed by atoms with van der Waals surface area (Å²) in [6.45, 7) is 0. The number of ether oxygens (including phenoxy) is 2. The van der Waals surface area contributed by atoms with E-state index in [4.69, 9.17) is 15.7 Å². The highest BCUT2D eigenvalue weighted by Crippen LogP contribution is 2.20. The Bertz CT molecular complexity index is 585. The van der Waals surface area contributed by atoms with E-state index < -0.39 is 12.0 Å². The SMILES string of the molecule is COC(=O)/C(C#N)=C(\NC(N)=O)c1ccc(OC)cc1. The predicted molar refractivity (Wildman–Crippen MR) is 70.3 cm³/mol. The van der Waals surface area contributed by atoms with Crippen molar-refractivity contribution in [3.05, 3.63) is 35.4 Å². The molecule has 2 amide bonds. The molecule has 0 spiro atoms. The zero-order valence-corrected chi connectivity index (χ0v) is 11.0. The molecule has 0 fully saturated rings. The first kappa shape index (κ1) is 15.0. The van der Waals surface area contributed by atoms with Crippen LogP contribution in [0.1, 0.15) is 5.56 Å². The second-order valence-corrected chi connectivity index (χ2v) is 3.57. The van der Waals surface area contributed by atoms with Crippen LogP contribution in [-0.2, 0) is 9.53 Å². The molecular formula is C13H13N3O4. The number of esters is 1. The molecule has 0 aliphatic rings. The van der Waals surface area contributed by atoms with E-state index in [9.17, 15) is 9.59 Å². The van der Waals surface area contributed by atoms with E-state index in [1.165, 1.54) is 7.11 Å². The molecule has 1 aromatic carbocycles. The molecule has 7 nitrogen and oxygen atoms in total. The van der Waals surface area contributed by atoms with Crippen LogP contribution in [0.25, 0.3) is 5.70 Å². The normalized spacial score (nSPS) is 10.8. The molecule has 0 radical (unpaired) electrons. The molecule has 0 unspecified atom stereocenters. The van der Waals surface area contributed by atoms with E-state index in [1.807, 2.05) is 0 Å². The summed E-state index contributed by atoms with van der Waals surface area (Å²) in [4.78, 5) is 22.6. The molecule has 104 valence electrons. The Kier molecular flexibility index (Phi) is 5.12. The van der Waals surface area contributed by atoms with Crippen molar-refractivity contribution < 1.29 is 19.1 Å². The monoisotopic (exact) mass is 275 g/mol. The Morgan fingerprint density at radius 1 is 1.25 bits per heavy atom. The summed E-state index contributed by atoms with van der Waals surface area (Å²) in [5.41, 5.74) is 5.10. The number of nitrogens with two attached hydrogens (primary N) is 1. The highest BCUT2D eigenvalue weighted by atomic mass is 16.5. The Balaban J connectivity index is 3.37. The van der Waals surface area contributed by atoms with Crippen molar-refractivity contribution in [1.82, 2.24) is 5.32 Å². The van der Waals surface area contributed by atoms with Crippen molar-refractivity contribution >= 4 is 17.7 Å². The van der Waals surface area contributed by atoms with Crippen molar-refractivity contribution in [3.63, 3.8) is 0 Å². The molecule has 3 N–H and O–H groups in total. The van der Waals surface area contributed by atoms with Crippen LogP contribution in [0, 0.1) is 11.3 Å². The number of methoxy groups -OCH3 is 2. The second-order valence-electron chi connectivity index (χ2n) is 3.57. The second kappa shape index (κ2) is 6.80. The minimum absolute atomic E-state index is 0.0190. The van der Waals surface area contributed by atoms with Gasteiger partial charge in [0.05, 0.1) is 19.9 Å². The van der Waals surface area contributed by atoms with Crippen LogP contribution < -0.4 is 15.8 Å². The summed E-state index contributed by atoms with van der Waals surface area (Å²) in [6.07, 6.45) is 0. The lowest BCUT2D eigenvalue weighted by Crippen LogP contribution is -2.29. The van der Waals surface area contributed by atoms with Crippen LogP contribution in [0.5, 0.6) is 5.75 Å². The summed E-state index contributed by atoms with van der Waals surface area (Å²) >= 11 is 0. The maximum absolute atomic E-state index is 11.5. The Morgan fingerprint density at radius 2 is 1.85 bits per heavy atom. The van der Waals surface area contributed by atoms with Crippen LogP contribution in [-0.4, -0.2) is 26.2 Å². The summed E-state index contributed by atoms with van der Waals surface area (Å²) in [5, 5.41) is 11.3. The minimum atomic E-state index is -0.896. The van der Waals surface area contributed by atoms with Gasteiger partial charge in [0.15, 0.2) is 5.57 Å². The number of hydrogen-bond donors (Lipinski definition) is 2. The number of carbonyl (C=O) groups is 2. The number of benzene rings is 1. The number of hydrogen-bond acceptors (Lipinski definition) is 5. The lowest BCUT2D eigenvalue weighted by molar-refractivity contribution is -0.135. The van der Waals surface area contributed by atoms with Gasteiger partial charge in [-0.25, -0.2) is 9.59 Å². The van der Waals surface area contributed by atoms with Gasteiger partial charge in [-0.05, 0) is 29.8 Å². The first-order valence-corrected chi connectivity index (χ1v) is 5.47. The van der Waals surface area contributed by atoms with Crippen LogP contribution in [0.4, 0.5) is 4.79 Å². The van der Waals surface area contributed by atoms with E-state index in [2.05, 4.69) is 10.1 Å². The molecular weight excluding hydrogens is 262 g/mol. The zero-order chi connectivity index (χ0) is 15.1. The van der Waals surface area contributed by atoms with Gasteiger partial charge in [0.1, 0.15) is 11.8 Å². The van der Waals surface area contributed by atoms with Crippen molar-refractivity contribution in [2.45, 2.75) is 0 Å². The Labute approximate surface area is 115 Å². The van der Waals surface area contributed by atoms with Crippen molar-refractivity contribution in [2.75, 3.05) is 14.2 Å². The van der Waals surface area contributed by atoms with Gasteiger partial charge < -0.3 is 20.5 Å². The third-order valence-corrected chi connectivity index (χ3v) is 2.38. The van der Waals surface area contributed by atoms with Gasteiger partial charge in [0.25, 0.3) is 0 Å². The van der Waals surface area contributed by atoms with E-state index in [0.29, 0.717) is 11.3 Å². The third kappa shape index (κ3) is 3.49. The number of nitrogens with one attached hydrogen (secondary N) is 1. The summed E-state index contributed by atoms with van der Waals surface area (Å²) in [5.74, 6) is -0.282. The fourth-order valence-electron chi connectivity index (χ4n) is 1.47. The maximum atomic E-state index is 11.5. The first-order chi connectivity index (χ1) is 9.53. The molecule has 1 rings (SSSR count). The van der Waals surface area contributed by atoms with Crippen LogP contribution in [0.3, 0.4) is 0 Å². The molecule has 0 aromatic heterocycles. The van der Waals surface area contributed by atoms with Crippen LogP contribution in [0.2, 0.25) is 0 Å². The lowest BCUT2D eigenvalue weighted by Gasteiger charge is -2.10. The Hall–Kier alpha value is -3.01. The third-order valence-electron chi connectivity index (χ3n) is 2.38. The van der Waals surface area contributed by atoms with Crippen molar-refractivity contribution in [1.29, 1.82) is 5.26 Å². The standard InChI is InChI=1S/C13H13N3O4/c1-19-9-5-3-8(4-6-9)11(16-13(15)18)10(7-14)12(17)20-2/h3-6H,1-2H3,(H3,15,16,18)/b11-10-. The van der Waals surface area contributed by atoms with Gasteiger partial charge in [-0.1, -0.05) is 0 Å². The smallest absolute Gasteiger partial charge is 0.350 e. The van der Waals surface area contributed by atoms with Crippen LogP contribution in [0.15, 0.2) is 29.8 Å². The lowest BCUT2D eigenvalue weighted by atomic mass is 10.1. The fourth-order valence-corrected chi connectivity index (χ4v) is 1.47. The van der Waals surface area contributed by atoms with Gasteiger partial charge in [-0.2, -0.15) is 5.26 Å². The molecule has 20 heavy (non-hydrogen) atoms. The summed E-state index contributed by atoms with van der Waals surface area (Å²) in [7, 11) is 2.64. The van der Waals surface area contributed by atoms with E-state index in [-0.39, 0.29) is 11.3 Å². The van der Waals surface area contributed by atoms with Crippen molar-refractivity contribution in [2.24, 2.45) is 5.73 Å². The topological polar surface area (TPSA) is 114 Å². The highest BCUT2D eigenvalue weighted by molar-refractivity contribution is 6.03. The average Bonchev–Trinajstić information content (AvgIpc) is 2.46. The van der Waals surface area contributed by atoms with Gasteiger partial charge in [0, 0.05) is 0 Å². The van der Waals surface area contributed by atoms with Crippen LogP contribution >= 0.6 is 0 Å². The molecule has 7 heteroatoms. The number of primary amides is 1. The molecule has 0 saturated carbocycles. The average molecular weight is 275 g/mol. The number of amides is 2. The highest BCUT2D eigenvalue weighted by Gasteiger charge is 2.18. The molecule has 0 bridgehead atoms. The predicted octanol–water partition coefficient (Wildman–Crippen LogP) is 0.771. The summed E-state index contributed by atoms with van der Waals surface area (Å²) in [6, 6.07) is 7.17. The van der Waals surface area contributed by atoms with Gasteiger partial charge >= 0.3 is 12.0 Å². The first-order valence-electron chi connectivity index (χ1n) is 5.47. The number of carbonyl (C=O) groups excluding carboxylic acids is 2. The number of nitrogens with zero attached hydrogens (tertiary/aromatic N) is 1. The molecule has 0 saturated heterocycles. The molecule has 0 atom stereocenters. The largest absolute Gasteiger partial charge is 0.497 e. The number of urea groups is 1. The molecule has 0 aliphatic carbocycles.